The highest BCUT2D eigenvalue weighted by molar-refractivity contribution is 14.0. The van der Waals surface area contributed by atoms with Crippen molar-refractivity contribution in [2.75, 3.05) is 26.9 Å². The van der Waals surface area contributed by atoms with Crippen LogP contribution in [-0.2, 0) is 11.3 Å². The van der Waals surface area contributed by atoms with Crippen molar-refractivity contribution in [2.24, 2.45) is 4.99 Å². The van der Waals surface area contributed by atoms with Crippen LogP contribution in [0.1, 0.15) is 19.4 Å². The highest BCUT2D eigenvalue weighted by Gasteiger charge is 2.28. The van der Waals surface area contributed by atoms with E-state index in [1.54, 1.807) is 25.3 Å². The lowest BCUT2D eigenvalue weighted by molar-refractivity contribution is -0.153. The van der Waals surface area contributed by atoms with Gasteiger partial charge in [0.2, 0.25) is 0 Å². The minimum absolute atomic E-state index is 0. The van der Waals surface area contributed by atoms with Crippen LogP contribution in [0.3, 0.4) is 0 Å². The first kappa shape index (κ1) is 23.8. The number of para-hydroxylation sites is 1. The molecule has 1 rings (SSSR count). The summed E-state index contributed by atoms with van der Waals surface area (Å²) in [5.41, 5.74) is 0.582. The second kappa shape index (κ2) is 12.2. The van der Waals surface area contributed by atoms with E-state index in [0.717, 1.165) is 0 Å². The van der Waals surface area contributed by atoms with E-state index in [-0.39, 0.29) is 42.3 Å². The van der Waals surface area contributed by atoms with Gasteiger partial charge in [-0.1, -0.05) is 18.2 Å². The van der Waals surface area contributed by atoms with Crippen LogP contribution in [0, 0.1) is 0 Å². The summed E-state index contributed by atoms with van der Waals surface area (Å²) in [6.07, 6.45) is -4.37. The second-order valence-electron chi connectivity index (χ2n) is 5.21. The van der Waals surface area contributed by atoms with Crippen LogP contribution in [0.5, 0.6) is 5.75 Å². The van der Waals surface area contributed by atoms with Gasteiger partial charge in [0.15, 0.2) is 12.6 Å². The van der Waals surface area contributed by atoms with E-state index >= 15 is 0 Å². The molecule has 5 nitrogen and oxygen atoms in total. The third kappa shape index (κ3) is 10.4. The van der Waals surface area contributed by atoms with Crippen LogP contribution in [0.2, 0.25) is 0 Å². The molecule has 0 radical (unpaired) electrons. The van der Waals surface area contributed by atoms with E-state index in [2.05, 4.69) is 15.6 Å². The Morgan fingerprint density at radius 3 is 2.56 bits per heavy atom. The first-order chi connectivity index (χ1) is 11.4. The van der Waals surface area contributed by atoms with Gasteiger partial charge in [-0.05, 0) is 19.9 Å². The molecule has 0 fully saturated rings. The first-order valence-electron chi connectivity index (χ1n) is 7.67. The molecule has 1 unspecified atom stereocenters. The Kier molecular flexibility index (Phi) is 11.6. The molecule has 2 N–H and O–H groups in total. The summed E-state index contributed by atoms with van der Waals surface area (Å²) in [6, 6.07) is 6.61. The highest BCUT2D eigenvalue weighted by atomic mass is 127. The molecule has 1 aromatic rings. The predicted octanol–water partition coefficient (Wildman–Crippen LogP) is 3.34. The van der Waals surface area contributed by atoms with Crippen LogP contribution in [0.15, 0.2) is 29.3 Å². The van der Waals surface area contributed by atoms with Crippen LogP contribution in [-0.4, -0.2) is 45.0 Å². The lowest BCUT2D eigenvalue weighted by Gasteiger charge is -2.17. The van der Waals surface area contributed by atoms with Crippen LogP contribution >= 0.6 is 24.0 Å². The van der Waals surface area contributed by atoms with Gasteiger partial charge in [-0.25, -0.2) is 4.99 Å². The van der Waals surface area contributed by atoms with Crippen LogP contribution in [0.4, 0.5) is 13.2 Å². The van der Waals surface area contributed by atoms with Gasteiger partial charge in [0.1, 0.15) is 5.75 Å². The quantitative estimate of drug-likeness (QED) is 0.344. The number of benzene rings is 1. The molecule has 9 heteroatoms. The number of ether oxygens (including phenoxy) is 2. The summed E-state index contributed by atoms with van der Waals surface area (Å²) < 4.78 is 46.9. The summed E-state index contributed by atoms with van der Waals surface area (Å²) in [5.74, 6) is 0.743. The fourth-order valence-electron chi connectivity index (χ4n) is 1.94. The lowest BCUT2D eigenvalue weighted by Crippen LogP contribution is -2.43. The van der Waals surface area contributed by atoms with Crippen molar-refractivity contribution in [1.29, 1.82) is 0 Å². The van der Waals surface area contributed by atoms with Crippen molar-refractivity contribution < 1.29 is 22.6 Å². The maximum Gasteiger partial charge on any atom is 0.422 e. The van der Waals surface area contributed by atoms with Gasteiger partial charge >= 0.3 is 6.18 Å². The molecule has 0 aromatic heterocycles. The number of rotatable bonds is 8. The minimum atomic E-state index is -4.37. The average molecular weight is 475 g/mol. The molecule has 0 aliphatic heterocycles. The molecule has 0 heterocycles. The van der Waals surface area contributed by atoms with Crippen molar-refractivity contribution in [3.8, 4) is 5.75 Å². The molecule has 0 aliphatic rings. The Morgan fingerprint density at radius 1 is 1.28 bits per heavy atom. The third-order valence-electron chi connectivity index (χ3n) is 2.92. The highest BCUT2D eigenvalue weighted by Crippen LogP contribution is 2.22. The lowest BCUT2D eigenvalue weighted by atomic mass is 10.2. The Morgan fingerprint density at radius 2 is 1.96 bits per heavy atom. The predicted molar refractivity (Wildman–Crippen MR) is 103 cm³/mol. The maximum atomic E-state index is 12.3. The van der Waals surface area contributed by atoms with E-state index in [1.807, 2.05) is 13.8 Å². The van der Waals surface area contributed by atoms with E-state index in [9.17, 15) is 13.2 Å². The zero-order valence-corrected chi connectivity index (χ0v) is 16.9. The first-order valence-corrected chi connectivity index (χ1v) is 7.67. The molecule has 0 saturated heterocycles. The Hall–Kier alpha value is -1.23. The summed E-state index contributed by atoms with van der Waals surface area (Å²) in [5, 5.41) is 6.24. The molecule has 1 aromatic carbocycles. The van der Waals surface area contributed by atoms with Crippen LogP contribution in [0.25, 0.3) is 0 Å². The fourth-order valence-corrected chi connectivity index (χ4v) is 1.94. The van der Waals surface area contributed by atoms with Gasteiger partial charge in [-0.15, -0.1) is 24.0 Å². The molecular weight excluding hydrogens is 450 g/mol. The number of methoxy groups -OCH3 is 1. The van der Waals surface area contributed by atoms with Crippen molar-refractivity contribution in [2.45, 2.75) is 32.6 Å². The molecule has 144 valence electrons. The maximum absolute atomic E-state index is 12.3. The summed E-state index contributed by atoms with van der Waals surface area (Å²) in [4.78, 5) is 4.39. The Bertz CT molecular complexity index is 528. The van der Waals surface area contributed by atoms with Crippen molar-refractivity contribution in [3.63, 3.8) is 0 Å². The van der Waals surface area contributed by atoms with E-state index in [0.29, 0.717) is 24.7 Å². The number of nitrogens with zero attached hydrogens (tertiary/aromatic N) is 1. The molecule has 0 amide bonds. The summed E-state index contributed by atoms with van der Waals surface area (Å²) in [6.45, 7) is 3.92. The normalized spacial score (nSPS) is 13.0. The molecule has 0 spiro atoms. The van der Waals surface area contributed by atoms with Crippen molar-refractivity contribution in [3.05, 3.63) is 29.8 Å². The second-order valence-corrected chi connectivity index (χ2v) is 5.21. The van der Waals surface area contributed by atoms with Crippen molar-refractivity contribution in [1.82, 2.24) is 10.6 Å². The van der Waals surface area contributed by atoms with Gasteiger partial charge in [0, 0.05) is 25.3 Å². The molecule has 0 saturated carbocycles. The van der Waals surface area contributed by atoms with E-state index < -0.39 is 12.8 Å². The van der Waals surface area contributed by atoms with Gasteiger partial charge in [-0.3, -0.25) is 0 Å². The number of aliphatic imine (C=N–C) groups is 1. The van der Waals surface area contributed by atoms with E-state index in [4.69, 9.17) is 9.47 Å². The van der Waals surface area contributed by atoms with Gasteiger partial charge < -0.3 is 20.1 Å². The number of hydrogen-bond acceptors (Lipinski definition) is 3. The molecule has 0 aliphatic carbocycles. The summed E-state index contributed by atoms with van der Waals surface area (Å²) in [7, 11) is 1.61. The number of alkyl halides is 3. The average Bonchev–Trinajstić information content (AvgIpc) is 2.51. The Balaban J connectivity index is 0.00000576. The van der Waals surface area contributed by atoms with E-state index in [1.165, 1.54) is 6.07 Å². The Labute approximate surface area is 163 Å². The smallest absolute Gasteiger partial charge is 0.422 e. The van der Waals surface area contributed by atoms with Crippen molar-refractivity contribution >= 4 is 29.9 Å². The molecule has 0 bridgehead atoms. The number of guanidine groups is 1. The number of halogens is 4. The third-order valence-corrected chi connectivity index (χ3v) is 2.92. The standard InChI is InChI=1S/C16H24F3N3O2.HI/c1-4-20-15(22-12(2)10-23-3)21-9-13-7-5-6-8-14(13)24-11-16(17,18)19;/h5-8,12H,4,9-11H2,1-3H3,(H2,20,21,22);1H. The van der Waals surface area contributed by atoms with Crippen LogP contribution < -0.4 is 15.4 Å². The largest absolute Gasteiger partial charge is 0.484 e. The SMILES string of the molecule is CCNC(=NCc1ccccc1OCC(F)(F)F)NC(C)COC.I. The molecule has 1 atom stereocenters. The summed E-state index contributed by atoms with van der Waals surface area (Å²) >= 11 is 0. The molecule has 25 heavy (non-hydrogen) atoms. The topological polar surface area (TPSA) is 54.9 Å². The minimum Gasteiger partial charge on any atom is -0.484 e. The monoisotopic (exact) mass is 475 g/mol. The fraction of sp³-hybridized carbons (Fsp3) is 0.562. The van der Waals surface area contributed by atoms with Gasteiger partial charge in [-0.2, -0.15) is 13.2 Å². The molecular formula is C16H25F3IN3O2. The zero-order valence-electron chi connectivity index (χ0n) is 14.5. The van der Waals surface area contributed by atoms with Gasteiger partial charge in [0.25, 0.3) is 0 Å². The van der Waals surface area contributed by atoms with Gasteiger partial charge in [0.05, 0.1) is 13.2 Å². The number of nitrogens with one attached hydrogen (secondary N) is 2. The number of hydrogen-bond donors (Lipinski definition) is 2. The zero-order chi connectivity index (χ0) is 18.0.